The molecule has 0 amide bonds. The third-order valence-electron chi connectivity index (χ3n) is 1.74. The molecule has 0 aromatic heterocycles. The molecule has 4 nitrogen and oxygen atoms in total. The molecule has 0 aromatic carbocycles. The zero-order valence-electron chi connectivity index (χ0n) is 8.46. The maximum absolute atomic E-state index is 11.5. The number of carbonyl (C=O) groups is 1. The normalized spacial score (nSPS) is 12.6. The lowest BCUT2D eigenvalue weighted by molar-refractivity contribution is -0.140. The summed E-state index contributed by atoms with van der Waals surface area (Å²) in [5, 5.41) is 0. The maximum atomic E-state index is 11.5. The second-order valence-corrected chi connectivity index (χ2v) is 6.62. The van der Waals surface area contributed by atoms with Crippen LogP contribution in [0.1, 0.15) is 27.2 Å². The molecule has 0 N–H and O–H groups in total. The number of rotatable bonds is 3. The second kappa shape index (κ2) is 4.09. The minimum absolute atomic E-state index is 0.0733. The number of sulfone groups is 1. The van der Waals surface area contributed by atoms with Crippen LogP contribution in [0, 0.1) is 0 Å². The number of carbonyl (C=O) groups excluding carboxylic acids is 1. The van der Waals surface area contributed by atoms with E-state index in [9.17, 15) is 13.2 Å². The van der Waals surface area contributed by atoms with Crippen molar-refractivity contribution in [1.82, 2.24) is 0 Å². The van der Waals surface area contributed by atoms with E-state index in [1.165, 1.54) is 7.11 Å². The zero-order valence-corrected chi connectivity index (χ0v) is 9.27. The van der Waals surface area contributed by atoms with Gasteiger partial charge in [0.1, 0.15) is 0 Å². The van der Waals surface area contributed by atoms with Crippen LogP contribution in [0.3, 0.4) is 0 Å². The highest BCUT2D eigenvalue weighted by atomic mass is 32.2. The molecule has 0 rings (SSSR count). The minimum atomic E-state index is -3.20. The molecule has 0 aromatic rings. The van der Waals surface area contributed by atoms with Gasteiger partial charge in [-0.2, -0.15) is 0 Å². The molecule has 78 valence electrons. The molecule has 0 aliphatic heterocycles. The van der Waals surface area contributed by atoms with Gasteiger partial charge in [-0.25, -0.2) is 8.42 Å². The van der Waals surface area contributed by atoms with Gasteiger partial charge in [0.15, 0.2) is 9.84 Å². The Balaban J connectivity index is 4.30. The van der Waals surface area contributed by atoms with Crippen molar-refractivity contribution in [3.05, 3.63) is 0 Å². The Hall–Kier alpha value is -0.580. The Morgan fingerprint density at radius 1 is 1.31 bits per heavy atom. The van der Waals surface area contributed by atoms with E-state index < -0.39 is 20.6 Å². The van der Waals surface area contributed by atoms with Crippen molar-refractivity contribution in [3.63, 3.8) is 0 Å². The quantitative estimate of drug-likeness (QED) is 0.642. The van der Waals surface area contributed by atoms with Crippen molar-refractivity contribution in [1.29, 1.82) is 0 Å². The highest BCUT2D eigenvalue weighted by molar-refractivity contribution is 7.92. The Morgan fingerprint density at radius 2 is 1.77 bits per heavy atom. The third-order valence-corrected chi connectivity index (χ3v) is 4.34. The van der Waals surface area contributed by atoms with Crippen molar-refractivity contribution in [2.75, 3.05) is 12.9 Å². The van der Waals surface area contributed by atoms with Gasteiger partial charge in [0, 0.05) is 0 Å². The fraction of sp³-hybridized carbons (Fsp3) is 0.875. The molecule has 0 radical (unpaired) electrons. The number of hydrogen-bond acceptors (Lipinski definition) is 4. The lowest BCUT2D eigenvalue weighted by Gasteiger charge is -2.18. The molecule has 0 aliphatic rings. The van der Waals surface area contributed by atoms with Crippen molar-refractivity contribution in [2.24, 2.45) is 0 Å². The van der Waals surface area contributed by atoms with Crippen LogP contribution in [0.5, 0.6) is 0 Å². The van der Waals surface area contributed by atoms with E-state index in [1.807, 2.05) is 0 Å². The van der Waals surface area contributed by atoms with Gasteiger partial charge in [0.05, 0.1) is 24.0 Å². The number of ether oxygens (including phenoxy) is 1. The lowest BCUT2D eigenvalue weighted by Crippen LogP contribution is -2.31. The fourth-order valence-electron chi connectivity index (χ4n) is 0.626. The van der Waals surface area contributed by atoms with Crippen LogP contribution in [-0.4, -0.2) is 32.0 Å². The smallest absolute Gasteiger partial charge is 0.306 e. The summed E-state index contributed by atoms with van der Waals surface area (Å²) >= 11 is 0. The highest BCUT2D eigenvalue weighted by Crippen LogP contribution is 2.16. The number of esters is 1. The van der Waals surface area contributed by atoms with E-state index in [0.717, 1.165) is 0 Å². The van der Waals surface area contributed by atoms with E-state index in [4.69, 9.17) is 0 Å². The lowest BCUT2D eigenvalue weighted by atomic mass is 10.3. The average Bonchev–Trinajstić information content (AvgIpc) is 1.98. The van der Waals surface area contributed by atoms with Crippen molar-refractivity contribution < 1.29 is 17.9 Å². The van der Waals surface area contributed by atoms with Crippen LogP contribution < -0.4 is 0 Å². The van der Waals surface area contributed by atoms with Crippen LogP contribution in [-0.2, 0) is 19.4 Å². The summed E-state index contributed by atoms with van der Waals surface area (Å²) in [6, 6.07) is 0. The van der Waals surface area contributed by atoms with E-state index in [2.05, 4.69) is 4.74 Å². The van der Waals surface area contributed by atoms with E-state index >= 15 is 0 Å². The molecule has 0 fully saturated rings. The van der Waals surface area contributed by atoms with Gasteiger partial charge in [0.2, 0.25) is 0 Å². The molecule has 5 heteroatoms. The standard InChI is InChI=1S/C8H16O4S/c1-8(2,3)13(10,11)6-5-7(9)12-4/h5-6H2,1-4H3. The van der Waals surface area contributed by atoms with Crippen LogP contribution in [0.2, 0.25) is 0 Å². The zero-order chi connectivity index (χ0) is 10.7. The number of methoxy groups -OCH3 is 1. The predicted molar refractivity (Wildman–Crippen MR) is 50.2 cm³/mol. The molecule has 0 bridgehead atoms. The van der Waals surface area contributed by atoms with Crippen molar-refractivity contribution >= 4 is 15.8 Å². The van der Waals surface area contributed by atoms with Crippen molar-refractivity contribution in [3.8, 4) is 0 Å². The largest absolute Gasteiger partial charge is 0.469 e. The molecular weight excluding hydrogens is 192 g/mol. The molecule has 0 heterocycles. The molecule has 0 unspecified atom stereocenters. The van der Waals surface area contributed by atoms with Gasteiger partial charge in [-0.3, -0.25) is 4.79 Å². The van der Waals surface area contributed by atoms with Crippen LogP contribution in [0.4, 0.5) is 0 Å². The Morgan fingerprint density at radius 3 is 2.08 bits per heavy atom. The van der Waals surface area contributed by atoms with E-state index in [1.54, 1.807) is 20.8 Å². The summed E-state index contributed by atoms with van der Waals surface area (Å²) in [4.78, 5) is 10.7. The van der Waals surface area contributed by atoms with Crippen LogP contribution in [0.25, 0.3) is 0 Å². The molecule has 0 spiro atoms. The fourth-order valence-corrected chi connectivity index (χ4v) is 1.67. The predicted octanol–water partition coefficient (Wildman–Crippen LogP) is 0.763. The molecule has 0 saturated heterocycles. The summed E-state index contributed by atoms with van der Waals surface area (Å²) in [5.74, 6) is -0.642. The van der Waals surface area contributed by atoms with Gasteiger partial charge < -0.3 is 4.74 Å². The summed E-state index contributed by atoms with van der Waals surface area (Å²) in [7, 11) is -1.96. The first-order chi connectivity index (χ1) is 5.70. The Bertz CT molecular complexity index is 271. The third kappa shape index (κ3) is 3.76. The van der Waals surface area contributed by atoms with Gasteiger partial charge in [-0.1, -0.05) is 0 Å². The van der Waals surface area contributed by atoms with E-state index in [-0.39, 0.29) is 12.2 Å². The summed E-state index contributed by atoms with van der Waals surface area (Å²) in [5.41, 5.74) is 0. The van der Waals surface area contributed by atoms with E-state index in [0.29, 0.717) is 0 Å². The monoisotopic (exact) mass is 208 g/mol. The Kier molecular flexibility index (Phi) is 3.90. The molecule has 0 aliphatic carbocycles. The van der Waals surface area contributed by atoms with Gasteiger partial charge >= 0.3 is 5.97 Å². The Labute approximate surface area is 79.2 Å². The maximum Gasteiger partial charge on any atom is 0.306 e. The van der Waals surface area contributed by atoms with Gasteiger partial charge in [-0.15, -0.1) is 0 Å². The van der Waals surface area contributed by atoms with Crippen molar-refractivity contribution in [2.45, 2.75) is 31.9 Å². The summed E-state index contributed by atoms with van der Waals surface area (Å²) < 4.78 is 26.5. The molecule has 13 heavy (non-hydrogen) atoms. The first kappa shape index (κ1) is 12.4. The topological polar surface area (TPSA) is 60.4 Å². The molecular formula is C8H16O4S. The summed E-state index contributed by atoms with van der Waals surface area (Å²) in [6.07, 6.45) is -0.0733. The minimum Gasteiger partial charge on any atom is -0.469 e. The first-order valence-electron chi connectivity index (χ1n) is 4.00. The molecule has 0 atom stereocenters. The molecule has 0 saturated carbocycles. The van der Waals surface area contributed by atoms with Crippen LogP contribution in [0.15, 0.2) is 0 Å². The van der Waals surface area contributed by atoms with Gasteiger partial charge in [-0.05, 0) is 20.8 Å². The SMILES string of the molecule is COC(=O)CCS(=O)(=O)C(C)(C)C. The van der Waals surface area contributed by atoms with Gasteiger partial charge in [0.25, 0.3) is 0 Å². The summed E-state index contributed by atoms with van der Waals surface area (Å²) in [6.45, 7) is 4.83. The highest BCUT2D eigenvalue weighted by Gasteiger charge is 2.29. The van der Waals surface area contributed by atoms with Crippen LogP contribution >= 0.6 is 0 Å². The first-order valence-corrected chi connectivity index (χ1v) is 5.65. The second-order valence-electron chi connectivity index (χ2n) is 3.76. The average molecular weight is 208 g/mol. The number of hydrogen-bond donors (Lipinski definition) is 0.